The van der Waals surface area contributed by atoms with Gasteiger partial charge in [-0.1, -0.05) is 18.2 Å². The number of carbonyl (C=O) groups is 2. The van der Waals surface area contributed by atoms with Crippen LogP contribution in [0.15, 0.2) is 30.5 Å². The molecule has 0 aliphatic carbocycles. The van der Waals surface area contributed by atoms with Gasteiger partial charge in [-0.15, -0.1) is 11.3 Å². The summed E-state index contributed by atoms with van der Waals surface area (Å²) in [4.78, 5) is 33.5. The molecule has 7 nitrogen and oxygen atoms in total. The third-order valence-electron chi connectivity index (χ3n) is 4.48. The number of H-pyrrole nitrogens is 1. The van der Waals surface area contributed by atoms with Gasteiger partial charge in [0.15, 0.2) is 5.01 Å². The molecule has 3 aromatic rings. The SMILES string of the molecule is Cc1sc(C(=O)c2c[nH]c3ccccc23)nc1C(=O)NCCOCC[N+](C)(C)C. The van der Waals surface area contributed by atoms with Crippen molar-refractivity contribution in [1.82, 2.24) is 15.3 Å². The van der Waals surface area contributed by atoms with Crippen LogP contribution in [0, 0.1) is 6.92 Å². The van der Waals surface area contributed by atoms with Crippen molar-refractivity contribution >= 4 is 33.9 Å². The monoisotopic (exact) mass is 415 g/mol. The van der Waals surface area contributed by atoms with Crippen LogP contribution < -0.4 is 5.32 Å². The van der Waals surface area contributed by atoms with Crippen molar-refractivity contribution in [2.45, 2.75) is 6.92 Å². The lowest BCUT2D eigenvalue weighted by molar-refractivity contribution is -0.870. The number of thiazole rings is 1. The van der Waals surface area contributed by atoms with E-state index in [1.807, 2.05) is 24.3 Å². The second kappa shape index (κ2) is 8.86. The second-order valence-corrected chi connectivity index (χ2v) is 9.09. The van der Waals surface area contributed by atoms with E-state index >= 15 is 0 Å². The zero-order valence-corrected chi connectivity index (χ0v) is 18.1. The highest BCUT2D eigenvalue weighted by molar-refractivity contribution is 7.14. The van der Waals surface area contributed by atoms with E-state index in [1.165, 1.54) is 11.3 Å². The summed E-state index contributed by atoms with van der Waals surface area (Å²) in [6.07, 6.45) is 1.69. The van der Waals surface area contributed by atoms with Gasteiger partial charge in [-0.25, -0.2) is 4.98 Å². The number of likely N-dealkylation sites (N-methyl/N-ethyl adjacent to an activating group) is 1. The molecule has 1 aromatic carbocycles. The van der Waals surface area contributed by atoms with E-state index < -0.39 is 0 Å². The minimum Gasteiger partial charge on any atom is -0.374 e. The van der Waals surface area contributed by atoms with Crippen molar-refractivity contribution in [2.24, 2.45) is 0 Å². The fraction of sp³-hybridized carbons (Fsp3) is 0.381. The van der Waals surface area contributed by atoms with E-state index in [9.17, 15) is 9.59 Å². The van der Waals surface area contributed by atoms with Gasteiger partial charge in [0.05, 0.1) is 39.9 Å². The first-order valence-corrected chi connectivity index (χ1v) is 10.3. The molecule has 2 heterocycles. The number of ketones is 1. The molecule has 0 unspecified atom stereocenters. The average Bonchev–Trinajstić information content (AvgIpc) is 3.26. The number of aryl methyl sites for hydroxylation is 1. The number of nitrogens with one attached hydrogen (secondary N) is 2. The molecule has 29 heavy (non-hydrogen) atoms. The number of rotatable bonds is 9. The number of aromatic nitrogens is 2. The van der Waals surface area contributed by atoms with Crippen molar-refractivity contribution in [3.05, 3.63) is 51.6 Å². The topological polar surface area (TPSA) is 84.1 Å². The van der Waals surface area contributed by atoms with Crippen LogP contribution in [0.2, 0.25) is 0 Å². The summed E-state index contributed by atoms with van der Waals surface area (Å²) in [6.45, 7) is 4.18. The third-order valence-corrected chi connectivity index (χ3v) is 5.45. The Hall–Kier alpha value is -2.55. The summed E-state index contributed by atoms with van der Waals surface area (Å²) in [6, 6.07) is 7.61. The van der Waals surface area contributed by atoms with Gasteiger partial charge in [0.2, 0.25) is 5.78 Å². The fourth-order valence-corrected chi connectivity index (χ4v) is 3.70. The first kappa shape index (κ1) is 21.2. The van der Waals surface area contributed by atoms with Crippen LogP contribution in [0.5, 0.6) is 0 Å². The number of nitrogens with zero attached hydrogens (tertiary/aromatic N) is 2. The highest BCUT2D eigenvalue weighted by Gasteiger charge is 2.22. The summed E-state index contributed by atoms with van der Waals surface area (Å²) < 4.78 is 6.38. The van der Waals surface area contributed by atoms with Crippen molar-refractivity contribution < 1.29 is 18.8 Å². The first-order valence-electron chi connectivity index (χ1n) is 9.51. The lowest BCUT2D eigenvalue weighted by Crippen LogP contribution is -2.38. The highest BCUT2D eigenvalue weighted by Crippen LogP contribution is 2.24. The maximum atomic E-state index is 12.9. The van der Waals surface area contributed by atoms with Crippen molar-refractivity contribution in [2.75, 3.05) is 47.4 Å². The molecule has 0 aliphatic rings. The maximum Gasteiger partial charge on any atom is 0.271 e. The van der Waals surface area contributed by atoms with Crippen LogP contribution in [0.25, 0.3) is 10.9 Å². The Kier molecular flexibility index (Phi) is 6.46. The smallest absolute Gasteiger partial charge is 0.271 e. The van der Waals surface area contributed by atoms with E-state index in [0.717, 1.165) is 26.8 Å². The Morgan fingerprint density at radius 2 is 1.97 bits per heavy atom. The Bertz CT molecular complexity index is 1020. The van der Waals surface area contributed by atoms with Crippen LogP contribution in [0.3, 0.4) is 0 Å². The van der Waals surface area contributed by atoms with Gasteiger partial charge >= 0.3 is 0 Å². The molecule has 0 fully saturated rings. The summed E-state index contributed by atoms with van der Waals surface area (Å²) in [5.41, 5.74) is 1.75. The van der Waals surface area contributed by atoms with E-state index in [0.29, 0.717) is 36.0 Å². The number of carbonyl (C=O) groups excluding carboxylic acids is 2. The summed E-state index contributed by atoms with van der Waals surface area (Å²) >= 11 is 1.24. The third kappa shape index (κ3) is 5.29. The number of aromatic amines is 1. The molecular formula is C21H27N4O3S+. The number of hydrogen-bond acceptors (Lipinski definition) is 5. The lowest BCUT2D eigenvalue weighted by atomic mass is 10.1. The van der Waals surface area contributed by atoms with Crippen LogP contribution in [-0.2, 0) is 4.74 Å². The van der Waals surface area contributed by atoms with Gasteiger partial charge in [-0.3, -0.25) is 9.59 Å². The quantitative estimate of drug-likeness (QED) is 0.320. The standard InChI is InChI=1S/C21H26N4O3S/c1-14-18(20(27)22-9-11-28-12-10-25(2,3)4)24-21(29-14)19(26)16-13-23-17-8-6-5-7-15(16)17/h5-8,13H,9-12H2,1-4H3,(H-,22,23,26,27)/p+1. The number of benzene rings is 1. The van der Waals surface area contributed by atoms with E-state index in [4.69, 9.17) is 4.74 Å². The summed E-state index contributed by atoms with van der Waals surface area (Å²) in [5.74, 6) is -0.467. The number of para-hydroxylation sites is 1. The molecule has 3 rings (SSSR count). The predicted molar refractivity (Wildman–Crippen MR) is 115 cm³/mol. The van der Waals surface area contributed by atoms with Crippen molar-refractivity contribution in [1.29, 1.82) is 0 Å². The average molecular weight is 416 g/mol. The van der Waals surface area contributed by atoms with E-state index in [1.54, 1.807) is 13.1 Å². The Labute approximate surface area is 174 Å². The summed E-state index contributed by atoms with van der Waals surface area (Å²) in [7, 11) is 6.31. The molecule has 154 valence electrons. The number of hydrogen-bond donors (Lipinski definition) is 2. The van der Waals surface area contributed by atoms with Gasteiger partial charge in [0.1, 0.15) is 12.2 Å². The molecule has 0 bridgehead atoms. The van der Waals surface area contributed by atoms with Gasteiger partial charge in [-0.2, -0.15) is 0 Å². The minimum absolute atomic E-state index is 0.182. The fourth-order valence-electron chi connectivity index (χ4n) is 2.84. The van der Waals surface area contributed by atoms with Gasteiger partial charge in [-0.05, 0) is 13.0 Å². The number of ether oxygens (including phenoxy) is 1. The Balaban J connectivity index is 1.59. The Morgan fingerprint density at radius 1 is 1.21 bits per heavy atom. The van der Waals surface area contributed by atoms with Gasteiger partial charge < -0.3 is 19.5 Å². The highest BCUT2D eigenvalue weighted by atomic mass is 32.1. The molecule has 0 radical (unpaired) electrons. The van der Waals surface area contributed by atoms with E-state index in [2.05, 4.69) is 36.4 Å². The van der Waals surface area contributed by atoms with Crippen molar-refractivity contribution in [3.63, 3.8) is 0 Å². The largest absolute Gasteiger partial charge is 0.374 e. The number of amides is 1. The van der Waals surface area contributed by atoms with Crippen LogP contribution >= 0.6 is 11.3 Å². The second-order valence-electron chi connectivity index (χ2n) is 7.88. The normalized spacial score (nSPS) is 11.7. The molecule has 0 spiro atoms. The molecule has 1 amide bonds. The molecular weight excluding hydrogens is 388 g/mol. The zero-order chi connectivity index (χ0) is 21.0. The molecule has 2 aromatic heterocycles. The molecule has 0 atom stereocenters. The van der Waals surface area contributed by atoms with Gasteiger partial charge in [0.25, 0.3) is 5.91 Å². The molecule has 2 N–H and O–H groups in total. The molecule has 8 heteroatoms. The zero-order valence-electron chi connectivity index (χ0n) is 17.2. The summed E-state index contributed by atoms with van der Waals surface area (Å²) in [5, 5.41) is 3.98. The number of fused-ring (bicyclic) bond motifs is 1. The van der Waals surface area contributed by atoms with Gasteiger partial charge in [0, 0.05) is 28.5 Å². The predicted octanol–water partition coefficient (Wildman–Crippen LogP) is 2.62. The molecule has 0 saturated heterocycles. The lowest BCUT2D eigenvalue weighted by Gasteiger charge is -2.23. The molecule has 0 aliphatic heterocycles. The minimum atomic E-state index is -0.285. The van der Waals surface area contributed by atoms with Crippen LogP contribution in [0.4, 0.5) is 0 Å². The Morgan fingerprint density at radius 3 is 2.72 bits per heavy atom. The number of quaternary nitrogens is 1. The molecule has 0 saturated carbocycles. The van der Waals surface area contributed by atoms with E-state index in [-0.39, 0.29) is 11.7 Å². The van der Waals surface area contributed by atoms with Crippen molar-refractivity contribution in [3.8, 4) is 0 Å². The first-order chi connectivity index (χ1) is 13.8. The maximum absolute atomic E-state index is 12.9. The van der Waals surface area contributed by atoms with Crippen LogP contribution in [-0.4, -0.2) is 73.6 Å². The van der Waals surface area contributed by atoms with Crippen LogP contribution in [0.1, 0.15) is 30.7 Å².